The lowest BCUT2D eigenvalue weighted by atomic mass is 10.2. The molecule has 2 rings (SSSR count). The number of nitrogens with one attached hydrogen (secondary N) is 1. The van der Waals surface area contributed by atoms with Gasteiger partial charge >= 0.3 is 0 Å². The summed E-state index contributed by atoms with van der Waals surface area (Å²) in [6.45, 7) is 6.06. The van der Waals surface area contributed by atoms with Gasteiger partial charge in [-0.05, 0) is 25.8 Å². The molecule has 0 spiro atoms. The highest BCUT2D eigenvalue weighted by molar-refractivity contribution is 4.93. The third kappa shape index (κ3) is 1.30. The zero-order valence-corrected chi connectivity index (χ0v) is 7.34. The van der Waals surface area contributed by atoms with Gasteiger partial charge in [-0.1, -0.05) is 6.92 Å². The van der Waals surface area contributed by atoms with Crippen molar-refractivity contribution in [3.63, 3.8) is 0 Å². The number of hydrogen-bond donors (Lipinski definition) is 1. The number of fused-ring (bicyclic) bond motifs is 2. The highest BCUT2D eigenvalue weighted by Gasteiger charge is 2.35. The maximum atomic E-state index is 3.49. The Hall–Kier alpha value is -0.0800. The predicted molar refractivity (Wildman–Crippen MR) is 46.7 cm³/mol. The van der Waals surface area contributed by atoms with Crippen molar-refractivity contribution in [1.29, 1.82) is 0 Å². The summed E-state index contributed by atoms with van der Waals surface area (Å²) in [5.74, 6) is 0. The zero-order valence-electron chi connectivity index (χ0n) is 7.34. The number of rotatable bonds is 2. The molecule has 2 nitrogen and oxygen atoms in total. The first-order valence-corrected chi connectivity index (χ1v) is 4.88. The second-order valence-electron chi connectivity index (χ2n) is 3.78. The lowest BCUT2D eigenvalue weighted by Gasteiger charge is -2.34. The number of nitrogens with zero attached hydrogens (tertiary/aromatic N) is 1. The van der Waals surface area contributed by atoms with Crippen molar-refractivity contribution in [3.05, 3.63) is 0 Å². The van der Waals surface area contributed by atoms with E-state index < -0.39 is 0 Å². The first-order valence-electron chi connectivity index (χ1n) is 4.88. The van der Waals surface area contributed by atoms with Crippen LogP contribution in [-0.2, 0) is 0 Å². The van der Waals surface area contributed by atoms with Gasteiger partial charge in [0.15, 0.2) is 0 Å². The fourth-order valence-corrected chi connectivity index (χ4v) is 2.49. The summed E-state index contributed by atoms with van der Waals surface area (Å²) >= 11 is 0. The molecule has 0 saturated carbocycles. The van der Waals surface area contributed by atoms with Crippen LogP contribution in [0.2, 0.25) is 0 Å². The van der Waals surface area contributed by atoms with E-state index in [2.05, 4.69) is 17.1 Å². The fraction of sp³-hybridized carbons (Fsp3) is 1.00. The molecule has 0 aromatic heterocycles. The Morgan fingerprint density at radius 1 is 1.27 bits per heavy atom. The van der Waals surface area contributed by atoms with Crippen molar-refractivity contribution in [3.8, 4) is 0 Å². The topological polar surface area (TPSA) is 15.3 Å². The highest BCUT2D eigenvalue weighted by atomic mass is 15.3. The van der Waals surface area contributed by atoms with Gasteiger partial charge in [-0.2, -0.15) is 0 Å². The van der Waals surface area contributed by atoms with Crippen LogP contribution in [0.4, 0.5) is 0 Å². The van der Waals surface area contributed by atoms with Crippen molar-refractivity contribution in [2.24, 2.45) is 0 Å². The molecule has 2 heterocycles. The summed E-state index contributed by atoms with van der Waals surface area (Å²) in [5, 5.41) is 3.49. The molecule has 2 heteroatoms. The van der Waals surface area contributed by atoms with Crippen LogP contribution in [0, 0.1) is 0 Å². The number of piperazine rings is 1. The molecule has 2 aliphatic rings. The molecule has 0 aromatic rings. The van der Waals surface area contributed by atoms with E-state index in [1.54, 1.807) is 0 Å². The van der Waals surface area contributed by atoms with Crippen molar-refractivity contribution in [1.82, 2.24) is 10.2 Å². The van der Waals surface area contributed by atoms with Gasteiger partial charge in [0.2, 0.25) is 0 Å². The highest BCUT2D eigenvalue weighted by Crippen LogP contribution is 2.26. The van der Waals surface area contributed by atoms with Crippen LogP contribution in [0.1, 0.15) is 26.2 Å². The first kappa shape index (κ1) is 7.56. The van der Waals surface area contributed by atoms with Crippen LogP contribution in [0.5, 0.6) is 0 Å². The third-order valence-corrected chi connectivity index (χ3v) is 3.01. The first-order chi connectivity index (χ1) is 5.42. The Labute approximate surface area is 69.0 Å². The molecule has 64 valence electrons. The fourth-order valence-electron chi connectivity index (χ4n) is 2.49. The molecule has 2 saturated heterocycles. The van der Waals surface area contributed by atoms with E-state index in [4.69, 9.17) is 0 Å². The van der Waals surface area contributed by atoms with E-state index in [1.165, 1.54) is 38.9 Å². The minimum Gasteiger partial charge on any atom is -0.314 e. The van der Waals surface area contributed by atoms with E-state index in [0.717, 1.165) is 12.1 Å². The molecular formula is C9H18N2. The van der Waals surface area contributed by atoms with Crippen molar-refractivity contribution >= 4 is 0 Å². The van der Waals surface area contributed by atoms with E-state index in [9.17, 15) is 0 Å². The Morgan fingerprint density at radius 2 is 1.91 bits per heavy atom. The van der Waals surface area contributed by atoms with E-state index in [-0.39, 0.29) is 0 Å². The molecule has 1 N–H and O–H groups in total. The Balaban J connectivity index is 1.97. The van der Waals surface area contributed by atoms with Crippen LogP contribution < -0.4 is 5.32 Å². The van der Waals surface area contributed by atoms with Crippen molar-refractivity contribution in [2.75, 3.05) is 19.6 Å². The molecule has 0 aromatic carbocycles. The summed E-state index contributed by atoms with van der Waals surface area (Å²) in [6.07, 6.45) is 4.17. The summed E-state index contributed by atoms with van der Waals surface area (Å²) < 4.78 is 0. The Kier molecular flexibility index (Phi) is 2.14. The normalized spacial score (nSPS) is 37.9. The zero-order chi connectivity index (χ0) is 7.68. The van der Waals surface area contributed by atoms with E-state index in [1.807, 2.05) is 0 Å². The molecule has 2 atom stereocenters. The second-order valence-corrected chi connectivity index (χ2v) is 3.78. The van der Waals surface area contributed by atoms with Gasteiger partial charge in [0, 0.05) is 25.2 Å². The van der Waals surface area contributed by atoms with Gasteiger partial charge in [0.05, 0.1) is 0 Å². The quantitative estimate of drug-likeness (QED) is 0.634. The molecule has 2 fully saturated rings. The SMILES string of the molecule is CCCN1[C@@H]2CC[C@H]1CNC2. The summed E-state index contributed by atoms with van der Waals surface area (Å²) in [5.41, 5.74) is 0. The second kappa shape index (κ2) is 3.11. The summed E-state index contributed by atoms with van der Waals surface area (Å²) in [6, 6.07) is 1.74. The monoisotopic (exact) mass is 154 g/mol. The van der Waals surface area contributed by atoms with Crippen LogP contribution in [0.25, 0.3) is 0 Å². The van der Waals surface area contributed by atoms with E-state index >= 15 is 0 Å². The molecule has 0 aliphatic carbocycles. The minimum atomic E-state index is 0.869. The average Bonchev–Trinajstić information content (AvgIpc) is 2.30. The lowest BCUT2D eigenvalue weighted by Crippen LogP contribution is -2.51. The molecule has 0 unspecified atom stereocenters. The third-order valence-electron chi connectivity index (χ3n) is 3.01. The standard InChI is InChI=1S/C9H18N2/c1-2-5-11-8-3-4-9(11)7-10-6-8/h8-10H,2-7H2,1H3/t8-,9+. The van der Waals surface area contributed by atoms with Crippen molar-refractivity contribution in [2.45, 2.75) is 38.3 Å². The van der Waals surface area contributed by atoms with E-state index in [0.29, 0.717) is 0 Å². The summed E-state index contributed by atoms with van der Waals surface area (Å²) in [4.78, 5) is 2.70. The van der Waals surface area contributed by atoms with Gasteiger partial charge in [0.1, 0.15) is 0 Å². The lowest BCUT2D eigenvalue weighted by molar-refractivity contribution is 0.154. The van der Waals surface area contributed by atoms with Gasteiger partial charge < -0.3 is 5.32 Å². The van der Waals surface area contributed by atoms with Crippen LogP contribution >= 0.6 is 0 Å². The molecular weight excluding hydrogens is 136 g/mol. The molecule has 2 bridgehead atoms. The minimum absolute atomic E-state index is 0.869. The Bertz CT molecular complexity index is 120. The summed E-state index contributed by atoms with van der Waals surface area (Å²) in [7, 11) is 0. The Morgan fingerprint density at radius 3 is 2.45 bits per heavy atom. The van der Waals surface area contributed by atoms with Crippen LogP contribution in [0.15, 0.2) is 0 Å². The van der Waals surface area contributed by atoms with Gasteiger partial charge in [-0.25, -0.2) is 0 Å². The maximum absolute atomic E-state index is 3.49. The smallest absolute Gasteiger partial charge is 0.0224 e. The maximum Gasteiger partial charge on any atom is 0.0224 e. The van der Waals surface area contributed by atoms with Gasteiger partial charge in [0.25, 0.3) is 0 Å². The molecule has 11 heavy (non-hydrogen) atoms. The number of hydrogen-bond acceptors (Lipinski definition) is 2. The van der Waals surface area contributed by atoms with Crippen molar-refractivity contribution < 1.29 is 0 Å². The van der Waals surface area contributed by atoms with Crippen LogP contribution in [-0.4, -0.2) is 36.6 Å². The molecule has 0 amide bonds. The largest absolute Gasteiger partial charge is 0.314 e. The van der Waals surface area contributed by atoms with Crippen LogP contribution in [0.3, 0.4) is 0 Å². The van der Waals surface area contributed by atoms with Gasteiger partial charge in [-0.15, -0.1) is 0 Å². The van der Waals surface area contributed by atoms with Gasteiger partial charge in [-0.3, -0.25) is 4.90 Å². The average molecular weight is 154 g/mol. The molecule has 0 radical (unpaired) electrons. The predicted octanol–water partition coefficient (Wildman–Crippen LogP) is 0.833. The molecule has 2 aliphatic heterocycles.